The molecule has 5 aromatic rings. The molecule has 0 bridgehead atoms. The van der Waals surface area contributed by atoms with Crippen LogP contribution in [0, 0.1) is 13.8 Å². The predicted molar refractivity (Wildman–Crippen MR) is 150 cm³/mol. The van der Waals surface area contributed by atoms with Crippen molar-refractivity contribution in [2.75, 3.05) is 25.4 Å². The molecule has 1 aliphatic rings. The molecule has 0 unspecified atom stereocenters. The van der Waals surface area contributed by atoms with Crippen molar-refractivity contribution in [3.8, 4) is 11.4 Å². The molecule has 6 nitrogen and oxygen atoms in total. The third kappa shape index (κ3) is 4.65. The molecule has 6 rings (SSSR count). The Bertz CT molecular complexity index is 1510. The summed E-state index contributed by atoms with van der Waals surface area (Å²) in [6.07, 6.45) is 3.37. The lowest BCUT2D eigenvalue weighted by atomic mass is 10.0. The van der Waals surface area contributed by atoms with Crippen LogP contribution in [0.2, 0.25) is 0 Å². The number of benzene rings is 2. The van der Waals surface area contributed by atoms with Crippen LogP contribution < -0.4 is 0 Å². The topological polar surface area (TPSA) is 59.7 Å². The van der Waals surface area contributed by atoms with E-state index < -0.39 is 0 Å². The van der Waals surface area contributed by atoms with Gasteiger partial charge in [0.2, 0.25) is 0 Å². The van der Waals surface area contributed by atoms with Gasteiger partial charge in [0.05, 0.1) is 20.7 Å². The minimum Gasteiger partial charge on any atom is -0.305 e. The zero-order valence-electron chi connectivity index (χ0n) is 21.0. The average Bonchev–Trinajstić information content (AvgIpc) is 3.35. The molecule has 0 amide bonds. The molecular formula is C28H30N6S2. The quantitative estimate of drug-likeness (QED) is 0.210. The fraction of sp³-hybridized carbons (Fsp3) is 0.357. The van der Waals surface area contributed by atoms with Crippen molar-refractivity contribution in [1.82, 2.24) is 29.6 Å². The molecule has 0 saturated heterocycles. The van der Waals surface area contributed by atoms with Gasteiger partial charge in [0.1, 0.15) is 0 Å². The number of aryl methyl sites for hydroxylation is 2. The summed E-state index contributed by atoms with van der Waals surface area (Å²) < 4.78 is 3.44. The van der Waals surface area contributed by atoms with Gasteiger partial charge in [-0.05, 0) is 75.0 Å². The van der Waals surface area contributed by atoms with Crippen molar-refractivity contribution in [2.45, 2.75) is 38.3 Å². The Morgan fingerprint density at radius 2 is 1.78 bits per heavy atom. The van der Waals surface area contributed by atoms with E-state index in [1.807, 2.05) is 13.0 Å². The maximum Gasteiger partial charge on any atom is 0.191 e. The molecule has 3 aromatic heterocycles. The van der Waals surface area contributed by atoms with Crippen molar-refractivity contribution < 1.29 is 0 Å². The second kappa shape index (κ2) is 9.92. The maximum atomic E-state index is 4.69. The molecule has 0 radical (unpaired) electrons. The first-order chi connectivity index (χ1) is 17.5. The van der Waals surface area contributed by atoms with E-state index in [9.17, 15) is 0 Å². The molecule has 0 fully saturated rings. The van der Waals surface area contributed by atoms with Gasteiger partial charge in [-0.1, -0.05) is 30.0 Å². The van der Waals surface area contributed by atoms with E-state index >= 15 is 0 Å². The molecule has 8 heteroatoms. The van der Waals surface area contributed by atoms with Gasteiger partial charge in [-0.3, -0.25) is 4.98 Å². The Labute approximate surface area is 219 Å². The fourth-order valence-corrected chi connectivity index (χ4v) is 6.82. The highest BCUT2D eigenvalue weighted by atomic mass is 32.2. The highest BCUT2D eigenvalue weighted by molar-refractivity contribution is 7.99. The van der Waals surface area contributed by atoms with Crippen molar-refractivity contribution in [3.05, 3.63) is 64.3 Å². The summed E-state index contributed by atoms with van der Waals surface area (Å²) >= 11 is 3.60. The average molecular weight is 515 g/mol. The smallest absolute Gasteiger partial charge is 0.191 e. The van der Waals surface area contributed by atoms with Gasteiger partial charge in [-0.25, -0.2) is 4.98 Å². The Morgan fingerprint density at radius 1 is 0.944 bits per heavy atom. The van der Waals surface area contributed by atoms with Gasteiger partial charge in [0, 0.05) is 42.5 Å². The summed E-state index contributed by atoms with van der Waals surface area (Å²) in [5.74, 6) is 1.92. The standard InChI is InChI=1S/C28H30N6S2/c1-18-8-9-22-23(6-4-7-24(22)29-18)27-31-32-28(33(27)3)35-15-5-12-34-13-10-20-16-25-26(36-19(2)30-25)17-21(20)11-14-34/h4,6-9,16-17H,5,10-15H2,1-3H3. The van der Waals surface area contributed by atoms with Crippen LogP contribution >= 0.6 is 23.1 Å². The Balaban J connectivity index is 1.06. The second-order valence-corrected chi connectivity index (χ2v) is 11.9. The fourth-order valence-electron chi connectivity index (χ4n) is 5.11. The van der Waals surface area contributed by atoms with Gasteiger partial charge in [-0.2, -0.15) is 0 Å². The van der Waals surface area contributed by atoms with Gasteiger partial charge in [-0.15, -0.1) is 21.5 Å². The van der Waals surface area contributed by atoms with E-state index in [0.29, 0.717) is 0 Å². The predicted octanol–water partition coefficient (Wildman–Crippen LogP) is 5.84. The van der Waals surface area contributed by atoms with Crippen LogP contribution in [-0.2, 0) is 19.9 Å². The molecule has 1 aliphatic heterocycles. The van der Waals surface area contributed by atoms with E-state index in [1.54, 1.807) is 23.1 Å². The van der Waals surface area contributed by atoms with Crippen LogP contribution in [0.25, 0.3) is 32.5 Å². The van der Waals surface area contributed by atoms with E-state index in [0.717, 1.165) is 82.8 Å². The molecule has 184 valence electrons. The van der Waals surface area contributed by atoms with E-state index in [4.69, 9.17) is 4.98 Å². The minimum absolute atomic E-state index is 0.892. The number of hydrogen-bond acceptors (Lipinski definition) is 7. The van der Waals surface area contributed by atoms with E-state index in [-0.39, 0.29) is 0 Å². The minimum atomic E-state index is 0.892. The first-order valence-electron chi connectivity index (χ1n) is 12.6. The van der Waals surface area contributed by atoms with Crippen molar-refractivity contribution in [2.24, 2.45) is 7.05 Å². The lowest BCUT2D eigenvalue weighted by molar-refractivity contribution is 0.289. The van der Waals surface area contributed by atoms with Crippen molar-refractivity contribution >= 4 is 44.2 Å². The van der Waals surface area contributed by atoms with Crippen LogP contribution in [-0.4, -0.2) is 55.0 Å². The summed E-state index contributed by atoms with van der Waals surface area (Å²) in [5, 5.41) is 12.3. The third-order valence-electron chi connectivity index (χ3n) is 7.01. The molecule has 36 heavy (non-hydrogen) atoms. The number of nitrogens with zero attached hydrogens (tertiary/aromatic N) is 6. The summed E-state index contributed by atoms with van der Waals surface area (Å²) in [5.41, 5.74) is 7.25. The summed E-state index contributed by atoms with van der Waals surface area (Å²) in [4.78, 5) is 12.0. The van der Waals surface area contributed by atoms with Crippen LogP contribution in [0.3, 0.4) is 0 Å². The van der Waals surface area contributed by atoms with Gasteiger partial charge >= 0.3 is 0 Å². The zero-order chi connectivity index (χ0) is 24.6. The maximum absolute atomic E-state index is 4.69. The van der Waals surface area contributed by atoms with Gasteiger partial charge in [0.25, 0.3) is 0 Å². The third-order valence-corrected chi connectivity index (χ3v) is 9.05. The van der Waals surface area contributed by atoms with Crippen LogP contribution in [0.1, 0.15) is 28.2 Å². The van der Waals surface area contributed by atoms with Crippen molar-refractivity contribution in [1.29, 1.82) is 0 Å². The second-order valence-electron chi connectivity index (χ2n) is 9.56. The molecule has 0 aliphatic carbocycles. The number of thiazole rings is 1. The number of aromatic nitrogens is 5. The number of hydrogen-bond donors (Lipinski definition) is 0. The highest BCUT2D eigenvalue weighted by Crippen LogP contribution is 2.30. The molecule has 4 heterocycles. The molecular weight excluding hydrogens is 484 g/mol. The first kappa shape index (κ1) is 23.6. The molecule has 0 spiro atoms. The van der Waals surface area contributed by atoms with Gasteiger partial charge in [0.15, 0.2) is 11.0 Å². The Morgan fingerprint density at radius 3 is 2.64 bits per heavy atom. The number of rotatable bonds is 6. The monoisotopic (exact) mass is 514 g/mol. The van der Waals surface area contributed by atoms with Crippen LogP contribution in [0.15, 0.2) is 47.6 Å². The summed E-state index contributed by atoms with van der Waals surface area (Å²) in [6, 6.07) is 15.1. The summed E-state index contributed by atoms with van der Waals surface area (Å²) in [7, 11) is 2.06. The van der Waals surface area contributed by atoms with Gasteiger partial charge < -0.3 is 9.47 Å². The lowest BCUT2D eigenvalue weighted by Crippen LogP contribution is -2.27. The Kier molecular flexibility index (Phi) is 6.50. The largest absolute Gasteiger partial charge is 0.305 e. The molecule has 0 saturated carbocycles. The van der Waals surface area contributed by atoms with Crippen molar-refractivity contribution in [3.63, 3.8) is 0 Å². The van der Waals surface area contributed by atoms with E-state index in [2.05, 4.69) is 75.0 Å². The normalized spacial score (nSPS) is 14.4. The number of thioether (sulfide) groups is 1. The molecule has 0 atom stereocenters. The van der Waals surface area contributed by atoms with E-state index in [1.165, 1.54) is 21.3 Å². The first-order valence-corrected chi connectivity index (χ1v) is 14.4. The van der Waals surface area contributed by atoms with Crippen LogP contribution in [0.5, 0.6) is 0 Å². The molecule has 0 N–H and O–H groups in total. The van der Waals surface area contributed by atoms with Crippen LogP contribution in [0.4, 0.5) is 0 Å². The molecule has 2 aromatic carbocycles. The number of pyridine rings is 1. The lowest BCUT2D eigenvalue weighted by Gasteiger charge is -2.19. The highest BCUT2D eigenvalue weighted by Gasteiger charge is 2.17. The number of fused-ring (bicyclic) bond motifs is 3. The Hall–Kier alpha value is -2.81. The zero-order valence-corrected chi connectivity index (χ0v) is 22.6. The summed E-state index contributed by atoms with van der Waals surface area (Å²) in [6.45, 7) is 7.48. The SMILES string of the molecule is Cc1ccc2c(-c3nnc(SCCCN4CCc5cc6nc(C)sc6cc5CC4)n3C)cccc2n1.